The van der Waals surface area contributed by atoms with Gasteiger partial charge in [-0.25, -0.2) is 13.1 Å². The van der Waals surface area contributed by atoms with Crippen molar-refractivity contribution in [2.45, 2.75) is 42.7 Å². The molecule has 2 aliphatic rings. The number of hydrogen-bond donors (Lipinski definition) is 2. The third-order valence-corrected chi connectivity index (χ3v) is 6.34. The van der Waals surface area contributed by atoms with E-state index in [4.69, 9.17) is 5.11 Å². The third kappa shape index (κ3) is 4.57. The fourth-order valence-electron chi connectivity index (χ4n) is 3.18. The van der Waals surface area contributed by atoms with Crippen LogP contribution in [0.2, 0.25) is 0 Å². The fourth-order valence-corrected chi connectivity index (χ4v) is 4.48. The van der Waals surface area contributed by atoms with Crippen LogP contribution < -0.4 is 4.72 Å². The van der Waals surface area contributed by atoms with Crippen molar-refractivity contribution in [3.05, 3.63) is 34.4 Å². The van der Waals surface area contributed by atoms with Crippen LogP contribution >= 0.6 is 0 Å². The van der Waals surface area contributed by atoms with Crippen molar-refractivity contribution in [3.63, 3.8) is 0 Å². The third-order valence-electron chi connectivity index (χ3n) is 4.82. The maximum Gasteiger partial charge on any atom is 0.317 e. The molecule has 0 atom stereocenters. The molecule has 142 valence electrons. The van der Waals surface area contributed by atoms with Crippen LogP contribution in [0, 0.1) is 16.0 Å². The number of aliphatic carboxylic acids is 1. The number of carboxylic acids is 1. The van der Waals surface area contributed by atoms with Crippen molar-refractivity contribution in [2.75, 3.05) is 13.1 Å². The van der Waals surface area contributed by atoms with E-state index < -0.39 is 20.9 Å². The summed E-state index contributed by atoms with van der Waals surface area (Å²) < 4.78 is 27.4. The molecule has 1 aromatic rings. The Morgan fingerprint density at radius 2 is 2.04 bits per heavy atom. The topological polar surface area (TPSA) is 130 Å². The molecule has 2 aliphatic carbocycles. The largest absolute Gasteiger partial charge is 0.480 e. The molecule has 0 bridgehead atoms. The summed E-state index contributed by atoms with van der Waals surface area (Å²) in [5.74, 6) is -0.332. The van der Waals surface area contributed by atoms with Gasteiger partial charge in [0.25, 0.3) is 5.69 Å². The summed E-state index contributed by atoms with van der Waals surface area (Å²) in [6.45, 7) is 0.701. The monoisotopic (exact) mass is 383 g/mol. The minimum atomic E-state index is -3.85. The number of non-ortho nitro benzene ring substituents is 1. The Balaban J connectivity index is 1.59. The predicted octanol–water partition coefficient (Wildman–Crippen LogP) is 1.20. The van der Waals surface area contributed by atoms with Gasteiger partial charge in [0, 0.05) is 30.8 Å². The normalized spacial score (nSPS) is 22.8. The van der Waals surface area contributed by atoms with Gasteiger partial charge < -0.3 is 5.11 Å². The highest BCUT2D eigenvalue weighted by Crippen LogP contribution is 2.34. The first-order chi connectivity index (χ1) is 12.2. The Hall–Kier alpha value is -2.04. The van der Waals surface area contributed by atoms with Crippen LogP contribution in [-0.4, -0.2) is 54.5 Å². The fraction of sp³-hybridized carbons (Fsp3) is 0.562. The summed E-state index contributed by atoms with van der Waals surface area (Å²) in [6, 6.07) is 4.67. The van der Waals surface area contributed by atoms with E-state index in [2.05, 4.69) is 4.72 Å². The molecule has 2 saturated carbocycles. The van der Waals surface area contributed by atoms with Gasteiger partial charge in [-0.1, -0.05) is 6.07 Å². The van der Waals surface area contributed by atoms with Crippen LogP contribution in [0.4, 0.5) is 5.69 Å². The first kappa shape index (κ1) is 18.7. The lowest BCUT2D eigenvalue weighted by atomic mass is 9.86. The van der Waals surface area contributed by atoms with Gasteiger partial charge in [-0.05, 0) is 37.7 Å². The molecule has 3 rings (SSSR count). The van der Waals surface area contributed by atoms with E-state index in [-0.39, 0.29) is 29.2 Å². The summed E-state index contributed by atoms with van der Waals surface area (Å²) in [5, 5.41) is 19.9. The Morgan fingerprint density at radius 3 is 2.62 bits per heavy atom. The van der Waals surface area contributed by atoms with E-state index in [1.165, 1.54) is 18.2 Å². The van der Waals surface area contributed by atoms with E-state index in [0.29, 0.717) is 18.8 Å². The maximum absolute atomic E-state index is 12.4. The molecule has 0 heterocycles. The minimum Gasteiger partial charge on any atom is -0.480 e. The van der Waals surface area contributed by atoms with Gasteiger partial charge in [0.05, 0.1) is 16.4 Å². The van der Waals surface area contributed by atoms with Crippen LogP contribution in [-0.2, 0) is 14.8 Å². The molecule has 0 unspecified atom stereocenters. The molecule has 2 fully saturated rings. The number of benzene rings is 1. The lowest BCUT2D eigenvalue weighted by Crippen LogP contribution is -2.55. The van der Waals surface area contributed by atoms with Crippen LogP contribution in [0.15, 0.2) is 29.2 Å². The zero-order valence-corrected chi connectivity index (χ0v) is 14.9. The second-order valence-electron chi connectivity index (χ2n) is 6.96. The number of nitrogens with one attached hydrogen (secondary N) is 1. The van der Waals surface area contributed by atoms with Crippen molar-refractivity contribution in [3.8, 4) is 0 Å². The first-order valence-electron chi connectivity index (χ1n) is 8.47. The van der Waals surface area contributed by atoms with Crippen LogP contribution in [0.5, 0.6) is 0 Å². The van der Waals surface area contributed by atoms with Crippen molar-refractivity contribution in [2.24, 2.45) is 5.92 Å². The number of carboxylic acid groups (broad SMARTS) is 1. The van der Waals surface area contributed by atoms with E-state index >= 15 is 0 Å². The molecule has 0 saturated heterocycles. The number of nitro benzene ring substituents is 1. The molecule has 0 spiro atoms. The van der Waals surface area contributed by atoms with Crippen molar-refractivity contribution in [1.82, 2.24) is 9.62 Å². The average Bonchev–Trinajstić information content (AvgIpc) is 3.33. The zero-order valence-electron chi connectivity index (χ0n) is 14.1. The van der Waals surface area contributed by atoms with Gasteiger partial charge in [-0.15, -0.1) is 0 Å². The minimum absolute atomic E-state index is 0.0362. The van der Waals surface area contributed by atoms with E-state index in [9.17, 15) is 23.3 Å². The quantitative estimate of drug-likeness (QED) is 0.484. The van der Waals surface area contributed by atoms with Crippen molar-refractivity contribution < 1.29 is 23.2 Å². The smallest absolute Gasteiger partial charge is 0.317 e. The number of nitrogens with zero attached hydrogens (tertiary/aromatic N) is 2. The number of rotatable bonds is 9. The van der Waals surface area contributed by atoms with Gasteiger partial charge in [0.15, 0.2) is 0 Å². The molecule has 1 aromatic carbocycles. The Bertz CT molecular complexity index is 802. The second-order valence-corrected chi connectivity index (χ2v) is 8.68. The summed E-state index contributed by atoms with van der Waals surface area (Å²) in [5.41, 5.74) is -0.281. The highest BCUT2D eigenvalue weighted by molar-refractivity contribution is 7.89. The number of carbonyl (C=O) groups is 1. The molecule has 0 aliphatic heterocycles. The van der Waals surface area contributed by atoms with Gasteiger partial charge in [0.2, 0.25) is 10.0 Å². The van der Waals surface area contributed by atoms with E-state index in [1.54, 1.807) is 0 Å². The Labute approximate surface area is 151 Å². The molecule has 0 aromatic heterocycles. The maximum atomic E-state index is 12.4. The van der Waals surface area contributed by atoms with Gasteiger partial charge >= 0.3 is 5.97 Å². The lowest BCUT2D eigenvalue weighted by Gasteiger charge is -2.42. The summed E-state index contributed by atoms with van der Waals surface area (Å²) in [4.78, 5) is 23.0. The number of sulfonamides is 1. The lowest BCUT2D eigenvalue weighted by molar-refractivity contribution is -0.385. The summed E-state index contributed by atoms with van der Waals surface area (Å²) in [7, 11) is -3.85. The van der Waals surface area contributed by atoms with E-state index in [1.807, 2.05) is 4.90 Å². The van der Waals surface area contributed by atoms with Gasteiger partial charge in [-0.3, -0.25) is 19.8 Å². The van der Waals surface area contributed by atoms with Crippen LogP contribution in [0.1, 0.15) is 25.7 Å². The zero-order chi connectivity index (χ0) is 18.9. The molecule has 26 heavy (non-hydrogen) atoms. The molecular formula is C16H21N3O6S. The SMILES string of the molecule is O=C(O)CN(CC1CC1)C1CC(NS(=O)(=O)c2cccc([N+](=O)[O-])c2)C1. The molecule has 10 heteroatoms. The van der Waals surface area contributed by atoms with Crippen LogP contribution in [0.3, 0.4) is 0 Å². The molecule has 0 amide bonds. The summed E-state index contributed by atoms with van der Waals surface area (Å²) >= 11 is 0. The Morgan fingerprint density at radius 1 is 1.35 bits per heavy atom. The van der Waals surface area contributed by atoms with Crippen LogP contribution in [0.25, 0.3) is 0 Å². The predicted molar refractivity (Wildman–Crippen MR) is 92.2 cm³/mol. The highest BCUT2D eigenvalue weighted by atomic mass is 32.2. The first-order valence-corrected chi connectivity index (χ1v) is 9.95. The second kappa shape index (κ2) is 7.29. The molecular weight excluding hydrogens is 362 g/mol. The molecule has 2 N–H and O–H groups in total. The van der Waals surface area contributed by atoms with E-state index in [0.717, 1.165) is 25.5 Å². The van der Waals surface area contributed by atoms with Gasteiger partial charge in [0.1, 0.15) is 0 Å². The van der Waals surface area contributed by atoms with Crippen molar-refractivity contribution >= 4 is 21.7 Å². The van der Waals surface area contributed by atoms with Gasteiger partial charge in [-0.2, -0.15) is 0 Å². The average molecular weight is 383 g/mol. The Kier molecular flexibility index (Phi) is 5.26. The summed E-state index contributed by atoms with van der Waals surface area (Å²) in [6.07, 6.45) is 3.31. The molecule has 9 nitrogen and oxygen atoms in total. The number of hydrogen-bond acceptors (Lipinski definition) is 6. The number of nitro groups is 1. The molecule has 0 radical (unpaired) electrons. The standard InChI is InChI=1S/C16H21N3O6S/c20-16(21)10-18(9-11-4-5-11)14-6-12(7-14)17-26(24,25)15-3-1-2-13(8-15)19(22)23/h1-3,8,11-12,14,17H,4-7,9-10H2,(H,20,21). The van der Waals surface area contributed by atoms with Crippen molar-refractivity contribution in [1.29, 1.82) is 0 Å². The highest BCUT2D eigenvalue weighted by Gasteiger charge is 2.39.